The number of alkyl halides is 4. The van der Waals surface area contributed by atoms with Gasteiger partial charge in [0.25, 0.3) is 22.7 Å². The first kappa shape index (κ1) is 52.7. The summed E-state index contributed by atoms with van der Waals surface area (Å²) in [5.74, 6) is -3.77. The van der Waals surface area contributed by atoms with Crippen LogP contribution in [-0.4, -0.2) is 111 Å². The molecule has 0 saturated carbocycles. The van der Waals surface area contributed by atoms with Gasteiger partial charge in [-0.1, -0.05) is 37.0 Å². The molecule has 4 aromatic rings. The van der Waals surface area contributed by atoms with Crippen molar-refractivity contribution in [2.24, 2.45) is 5.16 Å². The van der Waals surface area contributed by atoms with E-state index in [1.807, 2.05) is 0 Å². The van der Waals surface area contributed by atoms with Gasteiger partial charge in [-0.15, -0.1) is 0 Å². The van der Waals surface area contributed by atoms with Crippen LogP contribution in [0.15, 0.2) is 102 Å². The summed E-state index contributed by atoms with van der Waals surface area (Å²) >= 11 is 6.14. The number of aldehydes is 1. The molecule has 0 spiro atoms. The number of nitro groups is 4. The second kappa shape index (κ2) is 25.6. The molecule has 0 aliphatic carbocycles. The highest BCUT2D eigenvalue weighted by Gasteiger charge is 2.34. The second-order valence-electron chi connectivity index (χ2n) is 12.6. The number of hydrogen-bond donors (Lipinski definition) is 0. The summed E-state index contributed by atoms with van der Waals surface area (Å²) in [5.41, 5.74) is -1.17. The van der Waals surface area contributed by atoms with E-state index in [0.29, 0.717) is 0 Å². The van der Waals surface area contributed by atoms with Crippen LogP contribution in [0, 0.1) is 40.5 Å². The van der Waals surface area contributed by atoms with Crippen LogP contribution in [0.1, 0.15) is 41.4 Å². The van der Waals surface area contributed by atoms with Crippen LogP contribution >= 0.6 is 31.9 Å². The van der Waals surface area contributed by atoms with Gasteiger partial charge in [-0.2, -0.15) is 0 Å². The quantitative estimate of drug-likeness (QED) is 0.0157. The fourth-order valence-electron chi connectivity index (χ4n) is 4.89. The van der Waals surface area contributed by atoms with Gasteiger partial charge in [-0.05, 0) is 48.5 Å². The molecular formula is C39H31Br2F2N5O18. The Kier molecular flexibility index (Phi) is 20.4. The van der Waals surface area contributed by atoms with E-state index >= 15 is 0 Å². The first-order valence-corrected chi connectivity index (χ1v) is 19.9. The van der Waals surface area contributed by atoms with E-state index < -0.39 is 91.0 Å². The zero-order chi connectivity index (χ0) is 49.1. The van der Waals surface area contributed by atoms with Gasteiger partial charge in [0.2, 0.25) is 0 Å². The van der Waals surface area contributed by atoms with Crippen molar-refractivity contribution in [2.75, 3.05) is 20.3 Å². The average molecular weight is 1060 g/mol. The number of ether oxygens (including phenoxy) is 4. The summed E-state index contributed by atoms with van der Waals surface area (Å²) in [6.45, 7) is -0.961. The molecule has 0 aromatic heterocycles. The fraction of sp³-hybridized carbons (Fsp3) is 0.231. The van der Waals surface area contributed by atoms with E-state index in [4.69, 9.17) is 18.9 Å². The van der Waals surface area contributed by atoms with Gasteiger partial charge < -0.3 is 23.8 Å². The minimum Gasteiger partial charge on any atom is -0.461 e. The molecule has 0 aliphatic rings. The first-order valence-electron chi connectivity index (χ1n) is 18.1. The van der Waals surface area contributed by atoms with Crippen molar-refractivity contribution in [1.29, 1.82) is 0 Å². The highest BCUT2D eigenvalue weighted by Crippen LogP contribution is 2.23. The third-order valence-corrected chi connectivity index (χ3v) is 9.84. The van der Waals surface area contributed by atoms with Gasteiger partial charge in [-0.3, -0.25) is 45.3 Å². The van der Waals surface area contributed by atoms with E-state index in [-0.39, 0.29) is 51.3 Å². The Bertz CT molecular complexity index is 2410. The van der Waals surface area contributed by atoms with Crippen molar-refractivity contribution in [3.05, 3.63) is 160 Å². The molecule has 4 rings (SSSR count). The molecule has 0 aliphatic heterocycles. The molecule has 4 aromatic carbocycles. The van der Waals surface area contributed by atoms with E-state index in [9.17, 15) is 73.2 Å². The summed E-state index contributed by atoms with van der Waals surface area (Å²) in [6.07, 6.45) is -6.82. The van der Waals surface area contributed by atoms with Crippen LogP contribution < -0.4 is 0 Å². The van der Waals surface area contributed by atoms with Crippen molar-refractivity contribution in [3.8, 4) is 0 Å². The van der Waals surface area contributed by atoms with E-state index in [1.165, 1.54) is 31.4 Å². The molecule has 0 amide bonds. The molecule has 348 valence electrons. The molecule has 0 heterocycles. The van der Waals surface area contributed by atoms with E-state index in [0.717, 1.165) is 79.0 Å². The van der Waals surface area contributed by atoms with Crippen molar-refractivity contribution in [2.45, 2.75) is 34.2 Å². The molecule has 0 saturated heterocycles. The number of halogens is 4. The normalized spacial score (nSPS) is 13.4. The minimum atomic E-state index is -2.26. The number of oxime groups is 1. The molecule has 0 fully saturated rings. The number of hydrogen-bond acceptors (Lipinski definition) is 19. The summed E-state index contributed by atoms with van der Waals surface area (Å²) in [7, 11) is 1.18. The van der Waals surface area contributed by atoms with Crippen LogP contribution in [0.4, 0.5) is 31.5 Å². The van der Waals surface area contributed by atoms with Gasteiger partial charge in [0.15, 0.2) is 30.8 Å². The molecule has 6 atom stereocenters. The van der Waals surface area contributed by atoms with E-state index in [1.54, 1.807) is 0 Å². The topological polar surface area (TPSA) is 316 Å². The zero-order valence-corrected chi connectivity index (χ0v) is 36.5. The molecular weight excluding hydrogens is 1020 g/mol. The number of esters is 4. The van der Waals surface area contributed by atoms with Crippen LogP contribution in [0.2, 0.25) is 0 Å². The maximum atomic E-state index is 14.7. The lowest BCUT2D eigenvalue weighted by molar-refractivity contribution is -0.385. The monoisotopic (exact) mass is 1050 g/mol. The fourth-order valence-corrected chi connectivity index (χ4v) is 5.95. The zero-order valence-electron chi connectivity index (χ0n) is 33.4. The maximum absolute atomic E-state index is 14.7. The van der Waals surface area contributed by atoms with Crippen molar-refractivity contribution in [3.63, 3.8) is 0 Å². The standard InChI is InChI=1S/C20H17BrFN3O9.C19H14BrFN2O9/c1-32-23-10-17(22)18(34-20(27)13-4-8-15(9-5-13)25(30)31)16(21)11-33-19(26)12-2-6-14(7-3-12)24(28)29;20-15(10-31-18(25)11-1-5-13(6-2-11)22(27)28)17(16(21)9-24)32-19(26)12-3-7-14(8-4-12)23(29)30/h2-10,16-18H,11H2,1H3;1-9,15-17H,10H2/t16-,17+,18+;15-,16+,17+/m00/s1. The van der Waals surface area contributed by atoms with Gasteiger partial charge in [0, 0.05) is 48.5 Å². The number of benzene rings is 4. The Balaban J connectivity index is 0.000000351. The van der Waals surface area contributed by atoms with Gasteiger partial charge >= 0.3 is 23.9 Å². The van der Waals surface area contributed by atoms with Crippen molar-refractivity contribution in [1.82, 2.24) is 0 Å². The number of carbonyl (C=O) groups excluding carboxylic acids is 5. The Morgan fingerprint density at radius 2 is 0.818 bits per heavy atom. The number of non-ortho nitro benzene ring substituents is 4. The van der Waals surface area contributed by atoms with Gasteiger partial charge in [0.1, 0.15) is 20.3 Å². The molecule has 66 heavy (non-hydrogen) atoms. The molecule has 0 N–H and O–H groups in total. The van der Waals surface area contributed by atoms with Crippen LogP contribution in [-0.2, 0) is 28.6 Å². The number of rotatable bonds is 21. The van der Waals surface area contributed by atoms with Crippen LogP contribution in [0.3, 0.4) is 0 Å². The number of nitrogens with zero attached hydrogens (tertiary/aromatic N) is 5. The van der Waals surface area contributed by atoms with Crippen LogP contribution in [0.5, 0.6) is 0 Å². The molecule has 23 nitrogen and oxygen atoms in total. The maximum Gasteiger partial charge on any atom is 0.338 e. The van der Waals surface area contributed by atoms with Crippen molar-refractivity contribution < 1.29 is 76.2 Å². The summed E-state index contributed by atoms with van der Waals surface area (Å²) in [5, 5.41) is 46.1. The Labute approximate surface area is 385 Å². The van der Waals surface area contributed by atoms with Crippen molar-refractivity contribution >= 4 is 91.0 Å². The predicted molar refractivity (Wildman–Crippen MR) is 228 cm³/mol. The first-order chi connectivity index (χ1) is 31.3. The average Bonchev–Trinajstić information content (AvgIpc) is 3.32. The minimum absolute atomic E-state index is 0.0121. The lowest BCUT2D eigenvalue weighted by Crippen LogP contribution is -2.39. The molecule has 0 unspecified atom stereocenters. The van der Waals surface area contributed by atoms with Gasteiger partial charge in [0.05, 0.1) is 57.8 Å². The molecule has 0 radical (unpaired) electrons. The lowest BCUT2D eigenvalue weighted by Gasteiger charge is -2.24. The Morgan fingerprint density at radius 1 is 0.545 bits per heavy atom. The van der Waals surface area contributed by atoms with E-state index in [2.05, 4.69) is 41.9 Å². The highest BCUT2D eigenvalue weighted by molar-refractivity contribution is 9.09. The third-order valence-electron chi connectivity index (χ3n) is 8.27. The Hall–Kier alpha value is -7.68. The third kappa shape index (κ3) is 15.8. The SMILES string of the molecule is CON=C[C@@H](F)[C@H](OC(=O)c1ccc([N+](=O)[O-])cc1)[C@@H](Br)COC(=O)c1ccc([N+](=O)[O-])cc1.O=C[C@@H](F)[C@H](OC(=O)c1ccc([N+](=O)[O-])cc1)[C@@H](Br)COC(=O)c1ccc([N+](=O)[O-])cc1. The summed E-state index contributed by atoms with van der Waals surface area (Å²) < 4.78 is 49.1. The highest BCUT2D eigenvalue weighted by atomic mass is 79.9. The smallest absolute Gasteiger partial charge is 0.338 e. The molecule has 0 bridgehead atoms. The molecule has 27 heteroatoms. The summed E-state index contributed by atoms with van der Waals surface area (Å²) in [6, 6.07) is 17.9. The Morgan fingerprint density at radius 3 is 1.08 bits per heavy atom. The number of nitro benzene ring substituents is 4. The van der Waals surface area contributed by atoms with Crippen LogP contribution in [0.25, 0.3) is 0 Å². The largest absolute Gasteiger partial charge is 0.461 e. The van der Waals surface area contributed by atoms with Gasteiger partial charge in [-0.25, -0.2) is 28.0 Å². The predicted octanol–water partition coefficient (Wildman–Crippen LogP) is 6.81. The summed E-state index contributed by atoms with van der Waals surface area (Å²) in [4.78, 5) is 102. The second-order valence-corrected chi connectivity index (χ2v) is 15.0. The number of carbonyl (C=O) groups is 5. The lowest BCUT2D eigenvalue weighted by atomic mass is 10.1.